The topological polar surface area (TPSA) is 56.5 Å². The van der Waals surface area contributed by atoms with E-state index in [9.17, 15) is 0 Å². The summed E-state index contributed by atoms with van der Waals surface area (Å²) >= 11 is 7.54. The maximum absolute atomic E-state index is 5.96. The summed E-state index contributed by atoms with van der Waals surface area (Å²) in [6, 6.07) is 17.5. The molecule has 0 saturated carbocycles. The maximum Gasteiger partial charge on any atom is 0.198 e. The van der Waals surface area contributed by atoms with Crippen LogP contribution in [0.4, 0.5) is 0 Å². The zero-order valence-electron chi connectivity index (χ0n) is 12.7. The Kier molecular flexibility index (Phi) is 3.84. The number of benzene rings is 2. The molecule has 0 fully saturated rings. The van der Waals surface area contributed by atoms with Crippen molar-refractivity contribution in [3.8, 4) is 27.0 Å². The first kappa shape index (κ1) is 15.0. The van der Waals surface area contributed by atoms with E-state index < -0.39 is 0 Å². The summed E-state index contributed by atoms with van der Waals surface area (Å²) in [5.74, 6) is 0.675. The molecule has 0 aliphatic carbocycles. The molecule has 0 N–H and O–H groups in total. The van der Waals surface area contributed by atoms with Crippen LogP contribution in [0.1, 0.15) is 5.69 Å². The molecule has 2 aromatic carbocycles. The minimum atomic E-state index is 0.675. The normalized spacial score (nSPS) is 10.9. The molecule has 0 amide bonds. The summed E-state index contributed by atoms with van der Waals surface area (Å²) in [6.45, 7) is 1.97. The van der Waals surface area contributed by atoms with E-state index in [1.165, 1.54) is 0 Å². The van der Waals surface area contributed by atoms with Crippen LogP contribution in [0, 0.1) is 6.92 Å². The van der Waals surface area contributed by atoms with Crippen LogP contribution >= 0.6 is 22.9 Å². The summed E-state index contributed by atoms with van der Waals surface area (Å²) in [7, 11) is 0. The first-order valence-electron chi connectivity index (χ1n) is 7.30. The van der Waals surface area contributed by atoms with Gasteiger partial charge in [0.25, 0.3) is 0 Å². The van der Waals surface area contributed by atoms with Gasteiger partial charge < -0.3 is 0 Å². The van der Waals surface area contributed by atoms with Crippen LogP contribution in [-0.2, 0) is 0 Å². The first-order valence-corrected chi connectivity index (χ1v) is 8.49. The predicted octanol–water partition coefficient (Wildman–Crippen LogP) is 4.41. The Morgan fingerprint density at radius 1 is 1.00 bits per heavy atom. The third-order valence-electron chi connectivity index (χ3n) is 3.56. The Morgan fingerprint density at radius 2 is 1.75 bits per heavy atom. The second kappa shape index (κ2) is 6.14. The van der Waals surface area contributed by atoms with Gasteiger partial charge in [-0.15, -0.1) is 16.4 Å². The SMILES string of the molecule is Cc1nc(-c2ccccc2)sc1-c1nnnn1-c1ccc(Cl)cc1. The quantitative estimate of drug-likeness (QED) is 0.547. The highest BCUT2D eigenvalue weighted by Crippen LogP contribution is 2.34. The van der Waals surface area contributed by atoms with Crippen LogP contribution in [0.5, 0.6) is 0 Å². The Balaban J connectivity index is 1.80. The van der Waals surface area contributed by atoms with E-state index in [1.807, 2.05) is 61.5 Å². The lowest BCUT2D eigenvalue weighted by molar-refractivity contribution is 0.791. The van der Waals surface area contributed by atoms with E-state index >= 15 is 0 Å². The standard InChI is InChI=1S/C17H12ClN5S/c1-11-15(24-17(19-11)12-5-3-2-4-6-12)16-20-21-22-23(16)14-9-7-13(18)8-10-14/h2-10H,1H3. The van der Waals surface area contributed by atoms with Crippen molar-refractivity contribution in [1.82, 2.24) is 25.2 Å². The van der Waals surface area contributed by atoms with Gasteiger partial charge in [0.1, 0.15) is 5.01 Å². The molecule has 0 aliphatic rings. The largest absolute Gasteiger partial charge is 0.241 e. The monoisotopic (exact) mass is 353 g/mol. The maximum atomic E-state index is 5.96. The average Bonchev–Trinajstić information content (AvgIpc) is 3.23. The summed E-state index contributed by atoms with van der Waals surface area (Å²) in [5.41, 5.74) is 2.85. The third-order valence-corrected chi connectivity index (χ3v) is 5.02. The second-order valence-corrected chi connectivity index (χ2v) is 6.63. The van der Waals surface area contributed by atoms with Crippen molar-refractivity contribution < 1.29 is 0 Å². The van der Waals surface area contributed by atoms with E-state index in [1.54, 1.807) is 16.0 Å². The van der Waals surface area contributed by atoms with E-state index in [-0.39, 0.29) is 0 Å². The fourth-order valence-electron chi connectivity index (χ4n) is 2.39. The Morgan fingerprint density at radius 3 is 2.50 bits per heavy atom. The van der Waals surface area contributed by atoms with Crippen LogP contribution in [0.2, 0.25) is 5.02 Å². The van der Waals surface area contributed by atoms with E-state index in [0.717, 1.165) is 26.8 Å². The molecular formula is C17H12ClN5S. The summed E-state index contributed by atoms with van der Waals surface area (Å²) in [5, 5.41) is 13.8. The van der Waals surface area contributed by atoms with Crippen LogP contribution in [0.15, 0.2) is 54.6 Å². The van der Waals surface area contributed by atoms with Crippen molar-refractivity contribution in [3.63, 3.8) is 0 Å². The number of aromatic nitrogens is 5. The number of hydrogen-bond donors (Lipinski definition) is 0. The minimum Gasteiger partial charge on any atom is -0.241 e. The molecule has 4 rings (SSSR count). The van der Waals surface area contributed by atoms with Gasteiger partial charge in [-0.2, -0.15) is 4.68 Å². The van der Waals surface area contributed by atoms with Gasteiger partial charge in [0.2, 0.25) is 0 Å². The van der Waals surface area contributed by atoms with Gasteiger partial charge >= 0.3 is 0 Å². The Bertz CT molecular complexity index is 976. The number of rotatable bonds is 3. The highest BCUT2D eigenvalue weighted by atomic mass is 35.5. The second-order valence-electron chi connectivity index (χ2n) is 5.19. The van der Waals surface area contributed by atoms with E-state index in [0.29, 0.717) is 10.8 Å². The van der Waals surface area contributed by atoms with Crippen molar-refractivity contribution in [2.75, 3.05) is 0 Å². The third kappa shape index (κ3) is 2.70. The highest BCUT2D eigenvalue weighted by molar-refractivity contribution is 7.18. The van der Waals surface area contributed by atoms with Gasteiger partial charge in [-0.05, 0) is 41.6 Å². The molecule has 0 radical (unpaired) electrons. The molecule has 0 bridgehead atoms. The Hall–Kier alpha value is -2.57. The number of thiazole rings is 1. The smallest absolute Gasteiger partial charge is 0.198 e. The zero-order chi connectivity index (χ0) is 16.5. The summed E-state index contributed by atoms with van der Waals surface area (Å²) in [6.07, 6.45) is 0. The molecule has 0 unspecified atom stereocenters. The minimum absolute atomic E-state index is 0.675. The van der Waals surface area contributed by atoms with Crippen LogP contribution in [0.25, 0.3) is 27.0 Å². The lowest BCUT2D eigenvalue weighted by Crippen LogP contribution is -1.99. The molecule has 118 valence electrons. The number of aryl methyl sites for hydroxylation is 1. The number of halogens is 1. The lowest BCUT2D eigenvalue weighted by atomic mass is 10.2. The van der Waals surface area contributed by atoms with Crippen molar-refractivity contribution in [2.45, 2.75) is 6.92 Å². The molecule has 0 saturated heterocycles. The molecule has 5 nitrogen and oxygen atoms in total. The summed E-state index contributed by atoms with van der Waals surface area (Å²) in [4.78, 5) is 5.63. The number of tetrazole rings is 1. The number of nitrogens with zero attached hydrogens (tertiary/aromatic N) is 5. The van der Waals surface area contributed by atoms with Crippen molar-refractivity contribution in [1.29, 1.82) is 0 Å². The molecule has 0 aliphatic heterocycles. The summed E-state index contributed by atoms with van der Waals surface area (Å²) < 4.78 is 1.70. The molecule has 4 aromatic rings. The molecule has 0 spiro atoms. The first-order chi connectivity index (χ1) is 11.7. The lowest BCUT2D eigenvalue weighted by Gasteiger charge is -2.03. The van der Waals surface area contributed by atoms with Gasteiger partial charge in [0.05, 0.1) is 16.3 Å². The van der Waals surface area contributed by atoms with Gasteiger partial charge in [-0.1, -0.05) is 41.9 Å². The van der Waals surface area contributed by atoms with Crippen LogP contribution in [-0.4, -0.2) is 25.2 Å². The van der Waals surface area contributed by atoms with Crippen LogP contribution < -0.4 is 0 Å². The van der Waals surface area contributed by atoms with Crippen molar-refractivity contribution in [2.24, 2.45) is 0 Å². The molecule has 2 aromatic heterocycles. The zero-order valence-corrected chi connectivity index (χ0v) is 14.3. The predicted molar refractivity (Wildman–Crippen MR) is 95.4 cm³/mol. The van der Waals surface area contributed by atoms with Gasteiger partial charge in [-0.3, -0.25) is 0 Å². The fraction of sp³-hybridized carbons (Fsp3) is 0.0588. The molecular weight excluding hydrogens is 342 g/mol. The van der Waals surface area contributed by atoms with E-state index in [2.05, 4.69) is 20.5 Å². The molecule has 24 heavy (non-hydrogen) atoms. The van der Waals surface area contributed by atoms with Gasteiger partial charge in [-0.25, -0.2) is 4.98 Å². The van der Waals surface area contributed by atoms with Gasteiger partial charge in [0.15, 0.2) is 5.82 Å². The highest BCUT2D eigenvalue weighted by Gasteiger charge is 2.18. The molecule has 0 atom stereocenters. The van der Waals surface area contributed by atoms with Crippen molar-refractivity contribution in [3.05, 3.63) is 65.3 Å². The molecule has 2 heterocycles. The van der Waals surface area contributed by atoms with Gasteiger partial charge in [0, 0.05) is 10.6 Å². The Labute approximate surface area is 147 Å². The molecule has 7 heteroatoms. The fourth-order valence-corrected chi connectivity index (χ4v) is 3.56. The van der Waals surface area contributed by atoms with Crippen molar-refractivity contribution >= 4 is 22.9 Å². The average molecular weight is 354 g/mol. The van der Waals surface area contributed by atoms with Crippen LogP contribution in [0.3, 0.4) is 0 Å². The van der Waals surface area contributed by atoms with E-state index in [4.69, 9.17) is 11.6 Å². The number of hydrogen-bond acceptors (Lipinski definition) is 5.